The molecule has 1 fully saturated rings. The molecule has 0 saturated heterocycles. The molecule has 0 radical (unpaired) electrons. The Hall–Kier alpha value is -3.45. The minimum atomic E-state index is -1.30. The maximum atomic E-state index is 13.1. The highest BCUT2D eigenvalue weighted by atomic mass is 16.6. The van der Waals surface area contributed by atoms with Crippen LogP contribution in [0.3, 0.4) is 0 Å². The third-order valence-corrected chi connectivity index (χ3v) is 7.25. The average Bonchev–Trinajstić information content (AvgIpc) is 3.40. The van der Waals surface area contributed by atoms with Crippen LogP contribution < -0.4 is 0 Å². The van der Waals surface area contributed by atoms with Crippen LogP contribution >= 0.6 is 0 Å². The molecule has 0 bridgehead atoms. The molecule has 1 aliphatic rings. The smallest absolute Gasteiger partial charge is 0.410 e. The second kappa shape index (κ2) is 12.6. The van der Waals surface area contributed by atoms with Crippen LogP contribution in [0.2, 0.25) is 0 Å². The van der Waals surface area contributed by atoms with Gasteiger partial charge in [-0.1, -0.05) is 73.9 Å². The SMILES string of the molecule is CC(C)(C)OC(=O)N(CCc1cnc([C@](O)(c2ccccc2)C2CCCCC2)o1)Cc1cccc(CC=O)c1. The summed E-state index contributed by atoms with van der Waals surface area (Å²) in [6.45, 7) is 6.19. The first kappa shape index (κ1) is 28.6. The number of carbonyl (C=O) groups excluding carboxylic acids is 2. The Balaban J connectivity index is 1.54. The van der Waals surface area contributed by atoms with Crippen LogP contribution in [0.15, 0.2) is 65.2 Å². The number of aldehydes is 1. The minimum Gasteiger partial charge on any atom is -0.444 e. The Bertz CT molecular complexity index is 1230. The van der Waals surface area contributed by atoms with Crippen molar-refractivity contribution in [3.8, 4) is 0 Å². The average molecular weight is 533 g/mol. The van der Waals surface area contributed by atoms with Gasteiger partial charge in [-0.05, 0) is 50.3 Å². The number of rotatable bonds is 10. The van der Waals surface area contributed by atoms with Crippen molar-refractivity contribution in [2.45, 2.75) is 83.5 Å². The summed E-state index contributed by atoms with van der Waals surface area (Å²) in [6, 6.07) is 17.3. The number of amides is 1. The van der Waals surface area contributed by atoms with Gasteiger partial charge < -0.3 is 24.0 Å². The molecule has 4 rings (SSSR count). The molecule has 1 saturated carbocycles. The Morgan fingerprint density at radius 3 is 2.49 bits per heavy atom. The fourth-order valence-corrected chi connectivity index (χ4v) is 5.32. The zero-order valence-corrected chi connectivity index (χ0v) is 23.3. The van der Waals surface area contributed by atoms with Crippen molar-refractivity contribution in [2.75, 3.05) is 6.54 Å². The predicted octanol–water partition coefficient (Wildman–Crippen LogP) is 6.21. The number of nitrogens with zero attached hydrogens (tertiary/aromatic N) is 2. The highest BCUT2D eigenvalue weighted by molar-refractivity contribution is 5.68. The standard InChI is InChI=1S/C32H40N2O5/c1-31(2,3)39-30(36)34(23-25-12-10-11-24(21-25)18-20-35)19-17-28-22-33-29(38-28)32(37,26-13-6-4-7-14-26)27-15-8-5-9-16-27/h4,6-7,10-14,20-22,27,37H,5,8-9,15-19,23H2,1-3H3/t32-/m0/s1. The van der Waals surface area contributed by atoms with Crippen molar-refractivity contribution in [1.82, 2.24) is 9.88 Å². The van der Waals surface area contributed by atoms with Gasteiger partial charge in [0, 0.05) is 31.8 Å². The molecule has 1 N–H and O–H groups in total. The molecule has 7 nitrogen and oxygen atoms in total. The van der Waals surface area contributed by atoms with Crippen LogP contribution in [0.4, 0.5) is 4.79 Å². The predicted molar refractivity (Wildman–Crippen MR) is 149 cm³/mol. The van der Waals surface area contributed by atoms with Gasteiger partial charge in [0.05, 0.1) is 6.20 Å². The van der Waals surface area contributed by atoms with E-state index in [0.717, 1.165) is 48.7 Å². The molecule has 1 heterocycles. The summed E-state index contributed by atoms with van der Waals surface area (Å²) in [5, 5.41) is 12.1. The van der Waals surface area contributed by atoms with Crippen molar-refractivity contribution in [3.05, 3.63) is 89.1 Å². The van der Waals surface area contributed by atoms with Gasteiger partial charge in [-0.15, -0.1) is 0 Å². The van der Waals surface area contributed by atoms with Gasteiger partial charge in [0.15, 0.2) is 5.60 Å². The molecule has 1 aromatic heterocycles. The van der Waals surface area contributed by atoms with Gasteiger partial charge >= 0.3 is 6.09 Å². The molecule has 3 aromatic rings. The van der Waals surface area contributed by atoms with E-state index < -0.39 is 17.3 Å². The number of benzene rings is 2. The summed E-state index contributed by atoms with van der Waals surface area (Å²) < 4.78 is 11.9. The van der Waals surface area contributed by atoms with Gasteiger partial charge in [0.25, 0.3) is 0 Å². The number of oxazole rings is 1. The number of ether oxygens (including phenoxy) is 1. The van der Waals surface area contributed by atoms with Crippen LogP contribution in [-0.2, 0) is 34.5 Å². The summed E-state index contributed by atoms with van der Waals surface area (Å²) in [5.41, 5.74) is 0.656. The first-order valence-electron chi connectivity index (χ1n) is 13.9. The van der Waals surface area contributed by atoms with E-state index in [2.05, 4.69) is 4.98 Å². The third kappa shape index (κ3) is 7.35. The van der Waals surface area contributed by atoms with E-state index in [0.29, 0.717) is 37.6 Å². The van der Waals surface area contributed by atoms with E-state index in [4.69, 9.17) is 9.15 Å². The third-order valence-electron chi connectivity index (χ3n) is 7.25. The van der Waals surface area contributed by atoms with Crippen LogP contribution in [0, 0.1) is 5.92 Å². The number of hydrogen-bond acceptors (Lipinski definition) is 6. The highest BCUT2D eigenvalue weighted by Crippen LogP contribution is 2.43. The van der Waals surface area contributed by atoms with E-state index in [1.54, 1.807) is 11.1 Å². The molecule has 7 heteroatoms. The van der Waals surface area contributed by atoms with E-state index >= 15 is 0 Å². The lowest BCUT2D eigenvalue weighted by Gasteiger charge is -2.36. The number of aliphatic hydroxyl groups is 1. The van der Waals surface area contributed by atoms with Crippen molar-refractivity contribution >= 4 is 12.4 Å². The molecule has 1 aliphatic carbocycles. The molecule has 0 unspecified atom stereocenters. The molecule has 0 aliphatic heterocycles. The molecular formula is C32H40N2O5. The zero-order valence-electron chi connectivity index (χ0n) is 23.3. The molecule has 1 atom stereocenters. The quantitative estimate of drug-likeness (QED) is 0.312. The van der Waals surface area contributed by atoms with Crippen molar-refractivity contribution in [3.63, 3.8) is 0 Å². The van der Waals surface area contributed by atoms with Gasteiger partial charge in [-0.2, -0.15) is 0 Å². The van der Waals surface area contributed by atoms with E-state index in [1.807, 2.05) is 75.4 Å². The minimum absolute atomic E-state index is 0.0250. The van der Waals surface area contributed by atoms with Crippen LogP contribution in [0.1, 0.15) is 81.2 Å². The summed E-state index contributed by atoms with van der Waals surface area (Å²) >= 11 is 0. The Labute approximate surface area is 231 Å². The van der Waals surface area contributed by atoms with E-state index in [9.17, 15) is 14.7 Å². The van der Waals surface area contributed by atoms with Crippen molar-refractivity contribution in [2.24, 2.45) is 5.92 Å². The lowest BCUT2D eigenvalue weighted by molar-refractivity contribution is -0.107. The normalized spacial score (nSPS) is 15.9. The first-order valence-corrected chi connectivity index (χ1v) is 13.9. The maximum absolute atomic E-state index is 13.1. The monoisotopic (exact) mass is 532 g/mol. The lowest BCUT2D eigenvalue weighted by atomic mass is 9.73. The molecule has 0 spiro atoms. The summed E-state index contributed by atoms with van der Waals surface area (Å²) in [4.78, 5) is 30.3. The second-order valence-corrected chi connectivity index (χ2v) is 11.4. The number of carbonyl (C=O) groups is 2. The molecule has 208 valence electrons. The van der Waals surface area contributed by atoms with Gasteiger partial charge in [-0.3, -0.25) is 0 Å². The van der Waals surface area contributed by atoms with Gasteiger partial charge in [-0.25, -0.2) is 9.78 Å². The van der Waals surface area contributed by atoms with Crippen LogP contribution in [0.5, 0.6) is 0 Å². The Morgan fingerprint density at radius 2 is 1.79 bits per heavy atom. The van der Waals surface area contributed by atoms with Crippen molar-refractivity contribution in [1.29, 1.82) is 0 Å². The largest absolute Gasteiger partial charge is 0.444 e. The lowest BCUT2D eigenvalue weighted by Crippen LogP contribution is -2.38. The molecule has 1 amide bonds. The van der Waals surface area contributed by atoms with E-state index in [-0.39, 0.29) is 5.92 Å². The fraction of sp³-hybridized carbons (Fsp3) is 0.469. The summed E-state index contributed by atoms with van der Waals surface area (Å²) in [6.07, 6.45) is 8.00. The first-order chi connectivity index (χ1) is 18.7. The Morgan fingerprint density at radius 1 is 1.08 bits per heavy atom. The van der Waals surface area contributed by atoms with Gasteiger partial charge in [0.1, 0.15) is 17.6 Å². The summed E-state index contributed by atoms with van der Waals surface area (Å²) in [5.74, 6) is 0.927. The van der Waals surface area contributed by atoms with Crippen molar-refractivity contribution < 1.29 is 23.8 Å². The number of hydrogen-bond donors (Lipinski definition) is 1. The molecular weight excluding hydrogens is 492 g/mol. The Kier molecular flexibility index (Phi) is 9.23. The zero-order chi connectivity index (χ0) is 27.9. The van der Waals surface area contributed by atoms with Crippen LogP contribution in [-0.4, -0.2) is 39.5 Å². The highest BCUT2D eigenvalue weighted by Gasteiger charge is 2.44. The van der Waals surface area contributed by atoms with Crippen LogP contribution in [0.25, 0.3) is 0 Å². The fourth-order valence-electron chi connectivity index (χ4n) is 5.32. The molecule has 2 aromatic carbocycles. The second-order valence-electron chi connectivity index (χ2n) is 11.4. The maximum Gasteiger partial charge on any atom is 0.410 e. The topological polar surface area (TPSA) is 92.9 Å². The number of aromatic nitrogens is 1. The van der Waals surface area contributed by atoms with Gasteiger partial charge in [0.2, 0.25) is 5.89 Å². The molecule has 39 heavy (non-hydrogen) atoms. The summed E-state index contributed by atoms with van der Waals surface area (Å²) in [7, 11) is 0. The van der Waals surface area contributed by atoms with E-state index in [1.165, 1.54) is 6.42 Å².